The second-order valence-electron chi connectivity index (χ2n) is 10.4. The fourth-order valence-corrected chi connectivity index (χ4v) is 3.96. The van der Waals surface area contributed by atoms with Crippen LogP contribution in [-0.2, 0) is 41.4 Å². The van der Waals surface area contributed by atoms with Crippen LogP contribution in [0.5, 0.6) is 11.5 Å². The number of rotatable bonds is 10. The molecule has 0 radical (unpaired) electrons. The van der Waals surface area contributed by atoms with Gasteiger partial charge in [-0.3, -0.25) is 4.79 Å². The molecule has 1 aromatic heterocycles. The highest BCUT2D eigenvalue weighted by atomic mass is 19.4. The molecule has 0 saturated carbocycles. The summed E-state index contributed by atoms with van der Waals surface area (Å²) in [5.41, 5.74) is 0.566. The van der Waals surface area contributed by atoms with Crippen LogP contribution in [0, 0.1) is 0 Å². The number of amides is 2. The standard InChI is InChI=1S/C29H31F3N2O9/c1-28(2,3)43-27(38)34-21(25(36)40-5)13-16-6-8-19(9-7-16)42-22-15-17(12-18-10-11-41-23(18)22)14-20(24(35)39-4)33-26(37)29(30,31)32/h6-12,15,20-21H,13-14H2,1-5H3,(H,33,37)(H,34,38)/t20-,21-/m0/s1. The van der Waals surface area contributed by atoms with E-state index in [4.69, 9.17) is 18.6 Å². The number of hydrogen-bond acceptors (Lipinski definition) is 9. The summed E-state index contributed by atoms with van der Waals surface area (Å²) >= 11 is 0. The van der Waals surface area contributed by atoms with Crippen molar-refractivity contribution in [2.45, 2.75) is 57.5 Å². The van der Waals surface area contributed by atoms with E-state index in [-0.39, 0.29) is 18.6 Å². The molecule has 2 N–H and O–H groups in total. The zero-order valence-corrected chi connectivity index (χ0v) is 24.0. The number of furan rings is 1. The van der Waals surface area contributed by atoms with E-state index in [9.17, 15) is 32.3 Å². The van der Waals surface area contributed by atoms with E-state index < -0.39 is 47.8 Å². The van der Waals surface area contributed by atoms with Crippen LogP contribution in [0.3, 0.4) is 0 Å². The first-order valence-corrected chi connectivity index (χ1v) is 12.9. The van der Waals surface area contributed by atoms with E-state index in [0.717, 1.165) is 7.11 Å². The highest BCUT2D eigenvalue weighted by Gasteiger charge is 2.41. The van der Waals surface area contributed by atoms with Crippen LogP contribution in [0.15, 0.2) is 53.1 Å². The number of carbonyl (C=O) groups is 4. The Balaban J connectivity index is 1.79. The third kappa shape index (κ3) is 9.38. The van der Waals surface area contributed by atoms with Gasteiger partial charge in [-0.05, 0) is 62.2 Å². The number of nitrogens with one attached hydrogen (secondary N) is 2. The monoisotopic (exact) mass is 608 g/mol. The molecule has 0 bridgehead atoms. The summed E-state index contributed by atoms with van der Waals surface area (Å²) in [6.45, 7) is 5.07. The number of esters is 2. The van der Waals surface area contributed by atoms with Crippen molar-refractivity contribution in [1.29, 1.82) is 0 Å². The van der Waals surface area contributed by atoms with Crippen molar-refractivity contribution in [3.63, 3.8) is 0 Å². The van der Waals surface area contributed by atoms with Gasteiger partial charge < -0.3 is 34.0 Å². The summed E-state index contributed by atoms with van der Waals surface area (Å²) in [5, 5.41) is 4.68. The van der Waals surface area contributed by atoms with Crippen molar-refractivity contribution >= 4 is 34.9 Å². The fourth-order valence-electron chi connectivity index (χ4n) is 3.96. The molecule has 43 heavy (non-hydrogen) atoms. The zero-order chi connectivity index (χ0) is 31.9. The first-order valence-electron chi connectivity index (χ1n) is 12.9. The number of ether oxygens (including phenoxy) is 4. The quantitative estimate of drug-likeness (QED) is 0.250. The molecule has 232 valence electrons. The second kappa shape index (κ2) is 13.5. The lowest BCUT2D eigenvalue weighted by Gasteiger charge is -2.22. The van der Waals surface area contributed by atoms with Gasteiger partial charge in [-0.25, -0.2) is 14.4 Å². The molecule has 0 spiro atoms. The smallest absolute Gasteiger partial charge is 0.467 e. The third-order valence-corrected chi connectivity index (χ3v) is 5.83. The number of alkyl halides is 3. The maximum Gasteiger partial charge on any atom is 0.471 e. The molecule has 2 atom stereocenters. The van der Waals surface area contributed by atoms with Crippen LogP contribution >= 0.6 is 0 Å². The summed E-state index contributed by atoms with van der Waals surface area (Å²) in [7, 11) is 2.19. The highest BCUT2D eigenvalue weighted by Crippen LogP contribution is 2.33. The minimum absolute atomic E-state index is 0.0860. The largest absolute Gasteiger partial charge is 0.471 e. The fraction of sp³-hybridized carbons (Fsp3) is 0.379. The summed E-state index contributed by atoms with van der Waals surface area (Å²) in [6.07, 6.45) is -4.83. The van der Waals surface area contributed by atoms with E-state index in [0.29, 0.717) is 27.8 Å². The zero-order valence-electron chi connectivity index (χ0n) is 24.0. The lowest BCUT2D eigenvalue weighted by molar-refractivity contribution is -0.175. The molecule has 11 nitrogen and oxygen atoms in total. The first-order chi connectivity index (χ1) is 20.1. The van der Waals surface area contributed by atoms with Gasteiger partial charge in [0.25, 0.3) is 0 Å². The van der Waals surface area contributed by atoms with Gasteiger partial charge in [-0.15, -0.1) is 0 Å². The number of carbonyl (C=O) groups excluding carboxylic acids is 4. The third-order valence-electron chi connectivity index (χ3n) is 5.83. The van der Waals surface area contributed by atoms with E-state index in [1.165, 1.54) is 19.4 Å². The van der Waals surface area contributed by atoms with Crippen molar-refractivity contribution in [2.75, 3.05) is 14.2 Å². The van der Waals surface area contributed by atoms with E-state index in [2.05, 4.69) is 10.1 Å². The summed E-state index contributed by atoms with van der Waals surface area (Å²) in [5.74, 6) is -3.48. The van der Waals surface area contributed by atoms with Crippen LogP contribution < -0.4 is 15.4 Å². The molecule has 0 fully saturated rings. The molecule has 0 aliphatic heterocycles. The van der Waals surface area contributed by atoms with E-state index in [1.807, 2.05) is 0 Å². The molecule has 3 rings (SSSR count). The summed E-state index contributed by atoms with van der Waals surface area (Å²) < 4.78 is 64.5. The van der Waals surface area contributed by atoms with Crippen molar-refractivity contribution < 1.29 is 55.7 Å². The molecule has 2 amide bonds. The van der Waals surface area contributed by atoms with Crippen LogP contribution in [0.1, 0.15) is 31.9 Å². The Morgan fingerprint density at radius 2 is 1.42 bits per heavy atom. The van der Waals surface area contributed by atoms with Crippen LogP contribution in [-0.4, -0.2) is 62.0 Å². The van der Waals surface area contributed by atoms with Gasteiger partial charge in [-0.2, -0.15) is 13.2 Å². The number of methoxy groups -OCH3 is 2. The molecule has 14 heteroatoms. The average Bonchev–Trinajstić information content (AvgIpc) is 3.40. The Hall–Kier alpha value is -4.75. The summed E-state index contributed by atoms with van der Waals surface area (Å²) in [4.78, 5) is 48.1. The van der Waals surface area contributed by atoms with E-state index >= 15 is 0 Å². The molecule has 1 heterocycles. The maximum atomic E-state index is 12.8. The van der Waals surface area contributed by atoms with Gasteiger partial charge >= 0.3 is 30.1 Å². The first kappa shape index (κ1) is 32.8. The number of hydrogen-bond donors (Lipinski definition) is 2. The number of alkyl carbamates (subject to hydrolysis) is 1. The lowest BCUT2D eigenvalue weighted by Crippen LogP contribution is -2.48. The maximum absolute atomic E-state index is 12.8. The highest BCUT2D eigenvalue weighted by molar-refractivity contribution is 5.88. The van der Waals surface area contributed by atoms with Crippen LogP contribution in [0.25, 0.3) is 11.0 Å². The molecule has 0 aliphatic carbocycles. The Kier molecular flexibility index (Phi) is 10.3. The predicted octanol–water partition coefficient (Wildman–Crippen LogP) is 4.60. The number of halogens is 3. The van der Waals surface area contributed by atoms with Gasteiger partial charge in [0.1, 0.15) is 23.4 Å². The molecule has 0 saturated heterocycles. The van der Waals surface area contributed by atoms with E-state index in [1.54, 1.807) is 62.5 Å². The van der Waals surface area contributed by atoms with Crippen LogP contribution in [0.2, 0.25) is 0 Å². The number of fused-ring (bicyclic) bond motifs is 1. The minimum Gasteiger partial charge on any atom is -0.467 e. The second-order valence-corrected chi connectivity index (χ2v) is 10.4. The Morgan fingerprint density at radius 1 is 0.837 bits per heavy atom. The Bertz CT molecular complexity index is 1460. The normalized spacial score (nSPS) is 13.0. The van der Waals surface area contributed by atoms with Crippen molar-refractivity contribution in [2.24, 2.45) is 0 Å². The summed E-state index contributed by atoms with van der Waals surface area (Å²) in [6, 6.07) is 8.51. The van der Waals surface area contributed by atoms with Gasteiger partial charge in [0, 0.05) is 18.2 Å². The van der Waals surface area contributed by atoms with Crippen LogP contribution in [0.4, 0.5) is 18.0 Å². The molecule has 3 aromatic rings. The Morgan fingerprint density at radius 3 is 1.98 bits per heavy atom. The minimum atomic E-state index is -5.19. The molecule has 0 aliphatic rings. The lowest BCUT2D eigenvalue weighted by atomic mass is 10.0. The van der Waals surface area contributed by atoms with Crippen molar-refractivity contribution in [1.82, 2.24) is 10.6 Å². The van der Waals surface area contributed by atoms with Crippen molar-refractivity contribution in [3.05, 3.63) is 59.9 Å². The average molecular weight is 609 g/mol. The van der Waals surface area contributed by atoms with Crippen molar-refractivity contribution in [3.8, 4) is 11.5 Å². The molecule has 2 aromatic carbocycles. The Labute approximate surface area is 244 Å². The van der Waals surface area contributed by atoms with Gasteiger partial charge in [0.15, 0.2) is 11.3 Å². The predicted molar refractivity (Wildman–Crippen MR) is 145 cm³/mol. The molecular formula is C29H31F3N2O9. The number of benzene rings is 2. The SMILES string of the molecule is COC(=O)[C@H](Cc1ccc(Oc2cc(C[C@H](NC(=O)C(F)(F)F)C(=O)OC)cc3ccoc23)cc1)NC(=O)OC(C)(C)C. The van der Waals surface area contributed by atoms with Gasteiger partial charge in [0.05, 0.1) is 20.5 Å². The molecular weight excluding hydrogens is 577 g/mol. The van der Waals surface area contributed by atoms with Gasteiger partial charge in [-0.1, -0.05) is 12.1 Å². The topological polar surface area (TPSA) is 142 Å². The molecule has 0 unspecified atom stereocenters. The van der Waals surface area contributed by atoms with Gasteiger partial charge in [0.2, 0.25) is 0 Å².